The van der Waals surface area contributed by atoms with E-state index in [0.29, 0.717) is 16.7 Å². The zero-order chi connectivity index (χ0) is 11.1. The van der Waals surface area contributed by atoms with Crippen LogP contribution in [0.25, 0.3) is 0 Å². The Kier molecular flexibility index (Phi) is 5.03. The smallest absolute Gasteiger partial charge is 0.282 e. The number of nitrogens with one attached hydrogen (secondary N) is 1. The van der Waals surface area contributed by atoms with Crippen molar-refractivity contribution in [3.05, 3.63) is 5.01 Å². The zero-order valence-corrected chi connectivity index (χ0v) is 9.64. The van der Waals surface area contributed by atoms with Crippen LogP contribution in [-0.4, -0.2) is 22.6 Å². The highest BCUT2D eigenvalue weighted by atomic mass is 32.1. The second-order valence-corrected chi connectivity index (χ2v) is 4.27. The van der Waals surface area contributed by atoms with Crippen molar-refractivity contribution in [2.75, 3.05) is 12.3 Å². The molecule has 1 rings (SSSR count). The number of carbonyl (C=O) groups is 1. The van der Waals surface area contributed by atoms with Crippen LogP contribution in [0.4, 0.5) is 5.13 Å². The van der Waals surface area contributed by atoms with Crippen LogP contribution in [0.3, 0.4) is 0 Å². The van der Waals surface area contributed by atoms with Crippen LogP contribution in [-0.2, 0) is 0 Å². The molecular weight excluding hydrogens is 212 g/mol. The summed E-state index contributed by atoms with van der Waals surface area (Å²) in [4.78, 5) is 11.4. The molecule has 3 N–H and O–H groups in total. The molecule has 0 unspecified atom stereocenters. The molecule has 1 heterocycles. The lowest BCUT2D eigenvalue weighted by atomic mass is 10.2. The summed E-state index contributed by atoms with van der Waals surface area (Å²) in [5.74, 6) is -0.180. The predicted molar refractivity (Wildman–Crippen MR) is 60.8 cm³/mol. The number of nitrogens with two attached hydrogens (primary N) is 1. The Morgan fingerprint density at radius 2 is 2.20 bits per heavy atom. The van der Waals surface area contributed by atoms with Gasteiger partial charge in [0.2, 0.25) is 10.1 Å². The van der Waals surface area contributed by atoms with E-state index in [-0.39, 0.29) is 5.91 Å². The highest BCUT2D eigenvalue weighted by Gasteiger charge is 2.09. The van der Waals surface area contributed by atoms with Gasteiger partial charge < -0.3 is 11.1 Å². The summed E-state index contributed by atoms with van der Waals surface area (Å²) in [6.45, 7) is 2.85. The third-order valence-electron chi connectivity index (χ3n) is 1.95. The minimum absolute atomic E-state index is 0.180. The molecule has 0 atom stereocenters. The van der Waals surface area contributed by atoms with Gasteiger partial charge in [0.15, 0.2) is 0 Å². The van der Waals surface area contributed by atoms with Crippen LogP contribution in [0, 0.1) is 0 Å². The molecule has 6 heteroatoms. The quantitative estimate of drug-likeness (QED) is 0.722. The first kappa shape index (κ1) is 11.9. The van der Waals surface area contributed by atoms with E-state index in [1.54, 1.807) is 0 Å². The van der Waals surface area contributed by atoms with Crippen molar-refractivity contribution in [1.29, 1.82) is 0 Å². The number of amides is 1. The lowest BCUT2D eigenvalue weighted by molar-refractivity contribution is 0.0952. The van der Waals surface area contributed by atoms with E-state index in [2.05, 4.69) is 22.4 Å². The third kappa shape index (κ3) is 4.24. The molecule has 0 radical (unpaired) electrons. The fraction of sp³-hybridized carbons (Fsp3) is 0.667. The van der Waals surface area contributed by atoms with Crippen molar-refractivity contribution in [2.24, 2.45) is 0 Å². The summed E-state index contributed by atoms with van der Waals surface area (Å²) < 4.78 is 0. The van der Waals surface area contributed by atoms with Crippen molar-refractivity contribution >= 4 is 22.4 Å². The molecule has 0 aromatic carbocycles. The van der Waals surface area contributed by atoms with Gasteiger partial charge in [-0.3, -0.25) is 4.79 Å². The van der Waals surface area contributed by atoms with E-state index in [4.69, 9.17) is 5.73 Å². The summed E-state index contributed by atoms with van der Waals surface area (Å²) in [6, 6.07) is 0. The van der Waals surface area contributed by atoms with Gasteiger partial charge in [-0.05, 0) is 6.42 Å². The van der Waals surface area contributed by atoms with Crippen molar-refractivity contribution in [3.8, 4) is 0 Å². The Balaban J connectivity index is 2.19. The molecule has 0 fully saturated rings. The molecule has 0 aliphatic heterocycles. The van der Waals surface area contributed by atoms with Crippen molar-refractivity contribution in [2.45, 2.75) is 32.6 Å². The van der Waals surface area contributed by atoms with Gasteiger partial charge >= 0.3 is 0 Å². The zero-order valence-electron chi connectivity index (χ0n) is 8.82. The lowest BCUT2D eigenvalue weighted by Crippen LogP contribution is -2.24. The first-order valence-electron chi connectivity index (χ1n) is 5.11. The summed E-state index contributed by atoms with van der Waals surface area (Å²) >= 11 is 1.11. The number of aromatic nitrogens is 2. The molecule has 0 saturated heterocycles. The van der Waals surface area contributed by atoms with Gasteiger partial charge in [-0.1, -0.05) is 37.5 Å². The fourth-order valence-electron chi connectivity index (χ4n) is 1.16. The maximum Gasteiger partial charge on any atom is 0.282 e. The van der Waals surface area contributed by atoms with E-state index in [9.17, 15) is 4.79 Å². The average molecular weight is 228 g/mol. The average Bonchev–Trinajstić information content (AvgIpc) is 2.64. The molecule has 0 aliphatic rings. The van der Waals surface area contributed by atoms with E-state index < -0.39 is 0 Å². The minimum atomic E-state index is -0.180. The standard InChI is InChI=1S/C9H16N4OS/c1-2-3-4-5-6-11-7(14)8-12-13-9(10)15-8/h2-6H2,1H3,(H2,10,13)(H,11,14). The Hall–Kier alpha value is -1.17. The van der Waals surface area contributed by atoms with Crippen molar-refractivity contribution in [3.63, 3.8) is 0 Å². The summed E-state index contributed by atoms with van der Waals surface area (Å²) in [7, 11) is 0. The monoisotopic (exact) mass is 228 g/mol. The Morgan fingerprint density at radius 3 is 2.80 bits per heavy atom. The van der Waals surface area contributed by atoms with Gasteiger partial charge in [-0.2, -0.15) is 0 Å². The third-order valence-corrected chi connectivity index (χ3v) is 2.70. The van der Waals surface area contributed by atoms with Crippen LogP contribution in [0.1, 0.15) is 42.4 Å². The second-order valence-electron chi connectivity index (χ2n) is 3.26. The van der Waals surface area contributed by atoms with Crippen LogP contribution in [0.15, 0.2) is 0 Å². The molecule has 0 saturated carbocycles. The van der Waals surface area contributed by atoms with E-state index >= 15 is 0 Å². The maximum absolute atomic E-state index is 11.4. The number of hydrogen-bond acceptors (Lipinski definition) is 5. The lowest BCUT2D eigenvalue weighted by Gasteiger charge is -2.01. The van der Waals surface area contributed by atoms with Gasteiger partial charge in [0.05, 0.1) is 0 Å². The van der Waals surface area contributed by atoms with E-state index in [1.165, 1.54) is 12.8 Å². The normalized spacial score (nSPS) is 10.2. The number of anilines is 1. The van der Waals surface area contributed by atoms with Crippen LogP contribution in [0.2, 0.25) is 0 Å². The molecule has 15 heavy (non-hydrogen) atoms. The van der Waals surface area contributed by atoms with Gasteiger partial charge in [-0.25, -0.2) is 0 Å². The number of nitrogens with zero attached hydrogens (tertiary/aromatic N) is 2. The summed E-state index contributed by atoms with van der Waals surface area (Å²) in [5.41, 5.74) is 5.38. The van der Waals surface area contributed by atoms with E-state index in [0.717, 1.165) is 24.2 Å². The molecule has 0 aliphatic carbocycles. The van der Waals surface area contributed by atoms with Gasteiger partial charge in [-0.15, -0.1) is 10.2 Å². The van der Waals surface area contributed by atoms with Gasteiger partial charge in [0.1, 0.15) is 0 Å². The topological polar surface area (TPSA) is 80.9 Å². The number of nitrogen functional groups attached to an aromatic ring is 1. The van der Waals surface area contributed by atoms with Crippen molar-refractivity contribution in [1.82, 2.24) is 15.5 Å². The number of carbonyl (C=O) groups excluding carboxylic acids is 1. The summed E-state index contributed by atoms with van der Waals surface area (Å²) in [6.07, 6.45) is 4.56. The molecule has 0 bridgehead atoms. The molecule has 5 nitrogen and oxygen atoms in total. The molecule has 1 aromatic heterocycles. The largest absolute Gasteiger partial charge is 0.374 e. The number of unbranched alkanes of at least 4 members (excludes halogenated alkanes) is 3. The van der Waals surface area contributed by atoms with Crippen molar-refractivity contribution < 1.29 is 4.79 Å². The Morgan fingerprint density at radius 1 is 1.40 bits per heavy atom. The van der Waals surface area contributed by atoms with E-state index in [1.807, 2.05) is 0 Å². The number of rotatable bonds is 6. The van der Waals surface area contributed by atoms with Gasteiger partial charge in [0.25, 0.3) is 5.91 Å². The van der Waals surface area contributed by atoms with Crippen LogP contribution in [0.5, 0.6) is 0 Å². The second kappa shape index (κ2) is 6.34. The van der Waals surface area contributed by atoms with Crippen LogP contribution < -0.4 is 11.1 Å². The highest BCUT2D eigenvalue weighted by Crippen LogP contribution is 2.10. The molecule has 1 amide bonds. The fourth-order valence-corrected chi connectivity index (χ4v) is 1.68. The first-order chi connectivity index (χ1) is 7.24. The predicted octanol–water partition coefficient (Wildman–Crippen LogP) is 1.43. The van der Waals surface area contributed by atoms with Crippen LogP contribution >= 0.6 is 11.3 Å². The minimum Gasteiger partial charge on any atom is -0.374 e. The summed E-state index contributed by atoms with van der Waals surface area (Å²) in [5, 5.41) is 10.7. The Labute approximate surface area is 93.1 Å². The molecular formula is C9H16N4OS. The SMILES string of the molecule is CCCCCCNC(=O)c1nnc(N)s1. The molecule has 0 spiro atoms. The number of hydrogen-bond donors (Lipinski definition) is 2. The first-order valence-corrected chi connectivity index (χ1v) is 5.93. The molecule has 84 valence electrons. The highest BCUT2D eigenvalue weighted by molar-refractivity contribution is 7.16. The molecule has 1 aromatic rings. The Bertz CT molecular complexity index is 313. The maximum atomic E-state index is 11.4. The van der Waals surface area contributed by atoms with Gasteiger partial charge in [0, 0.05) is 6.54 Å².